The van der Waals surface area contributed by atoms with Crippen LogP contribution >= 0.6 is 0 Å². The number of hydrogen-bond acceptors (Lipinski definition) is 8. The molecule has 4 N–H and O–H groups in total. The zero-order valence-electron chi connectivity index (χ0n) is 24.2. The van der Waals surface area contributed by atoms with Crippen molar-refractivity contribution in [1.82, 2.24) is 34.4 Å². The Morgan fingerprint density at radius 1 is 1.20 bits per heavy atom. The number of benzene rings is 1. The maximum Gasteiger partial charge on any atom is 0.167 e. The smallest absolute Gasteiger partial charge is 0.167 e. The van der Waals surface area contributed by atoms with Gasteiger partial charge in [0.2, 0.25) is 0 Å². The number of aryl methyl sites for hydroxylation is 1. The summed E-state index contributed by atoms with van der Waals surface area (Å²) in [6.07, 6.45) is 7.43. The summed E-state index contributed by atoms with van der Waals surface area (Å²) >= 11 is 0. The van der Waals surface area contributed by atoms with Crippen LogP contribution in [0.4, 0.5) is 5.82 Å². The number of rotatable bonds is 8. The van der Waals surface area contributed by atoms with Crippen LogP contribution in [0, 0.1) is 5.92 Å². The minimum Gasteiger partial charge on any atom is -0.391 e. The van der Waals surface area contributed by atoms with Gasteiger partial charge in [-0.15, -0.1) is 0 Å². The molecule has 1 saturated heterocycles. The molecule has 0 spiro atoms. The molecule has 2 aliphatic rings. The van der Waals surface area contributed by atoms with E-state index in [0.717, 1.165) is 55.5 Å². The molecule has 0 bridgehead atoms. The van der Waals surface area contributed by atoms with Crippen molar-refractivity contribution in [2.45, 2.75) is 103 Å². The lowest BCUT2D eigenvalue weighted by atomic mass is 9.73. The summed E-state index contributed by atoms with van der Waals surface area (Å²) < 4.78 is 8.43. The number of H-pyrrole nitrogens is 1. The summed E-state index contributed by atoms with van der Waals surface area (Å²) in [6, 6.07) is 6.97. The number of nitrogen functional groups attached to an aromatic ring is 1. The fourth-order valence-electron chi connectivity index (χ4n) is 6.37. The van der Waals surface area contributed by atoms with Crippen LogP contribution in [0.1, 0.15) is 77.9 Å². The lowest BCUT2D eigenvalue weighted by Crippen LogP contribution is -2.59. The third-order valence-electron chi connectivity index (χ3n) is 8.86. The number of aliphatic hydroxyl groups is 1. The van der Waals surface area contributed by atoms with Crippen LogP contribution in [0.5, 0.6) is 0 Å². The van der Waals surface area contributed by atoms with Gasteiger partial charge in [0, 0.05) is 25.0 Å². The largest absolute Gasteiger partial charge is 0.391 e. The fraction of sp³-hybridized carbons (Fsp3) is 0.600. The first-order valence-corrected chi connectivity index (χ1v) is 14.6. The molecule has 10 heteroatoms. The van der Waals surface area contributed by atoms with Crippen molar-refractivity contribution in [2.24, 2.45) is 5.92 Å². The number of fused-ring (bicyclic) bond motifs is 2. The first kappa shape index (κ1) is 27.1. The highest BCUT2D eigenvalue weighted by atomic mass is 16.5. The maximum atomic E-state index is 11.2. The van der Waals surface area contributed by atoms with Crippen molar-refractivity contribution < 1.29 is 9.84 Å². The van der Waals surface area contributed by atoms with Gasteiger partial charge in [-0.05, 0) is 68.6 Å². The van der Waals surface area contributed by atoms with Crippen LogP contribution in [0.2, 0.25) is 0 Å². The second-order valence-electron chi connectivity index (χ2n) is 12.9. The molecule has 2 fully saturated rings. The molecule has 4 unspecified atom stereocenters. The molecule has 6 rings (SSSR count). The molecule has 3 aromatic heterocycles. The van der Waals surface area contributed by atoms with Gasteiger partial charge in [-0.1, -0.05) is 26.8 Å². The van der Waals surface area contributed by atoms with E-state index in [2.05, 4.69) is 77.7 Å². The van der Waals surface area contributed by atoms with E-state index in [1.165, 1.54) is 11.9 Å². The van der Waals surface area contributed by atoms with Gasteiger partial charge in [-0.3, -0.25) is 9.47 Å². The molecule has 10 nitrogen and oxygen atoms in total. The van der Waals surface area contributed by atoms with Gasteiger partial charge in [-0.25, -0.2) is 19.9 Å². The van der Waals surface area contributed by atoms with E-state index >= 15 is 0 Å². The second kappa shape index (κ2) is 10.4. The van der Waals surface area contributed by atoms with Crippen molar-refractivity contribution in [2.75, 3.05) is 12.3 Å². The molecule has 0 radical (unpaired) electrons. The van der Waals surface area contributed by atoms with Gasteiger partial charge in [0.1, 0.15) is 23.9 Å². The van der Waals surface area contributed by atoms with E-state index in [0.29, 0.717) is 23.0 Å². The molecule has 214 valence electrons. The molecule has 4 aromatic rings. The van der Waals surface area contributed by atoms with Crippen molar-refractivity contribution in [1.29, 1.82) is 0 Å². The van der Waals surface area contributed by atoms with Gasteiger partial charge in [0.05, 0.1) is 29.6 Å². The Morgan fingerprint density at radius 2 is 2.02 bits per heavy atom. The summed E-state index contributed by atoms with van der Waals surface area (Å²) in [5.74, 6) is 1.67. The van der Waals surface area contributed by atoms with Crippen LogP contribution in [0.25, 0.3) is 22.2 Å². The maximum absolute atomic E-state index is 11.2. The normalized spacial score (nSPS) is 25.4. The van der Waals surface area contributed by atoms with E-state index in [1.807, 2.05) is 4.57 Å². The number of hydrogen-bond donors (Lipinski definition) is 3. The number of aromatic amines is 1. The van der Waals surface area contributed by atoms with Crippen LogP contribution in [0.3, 0.4) is 0 Å². The Hall–Kier alpha value is -3.08. The highest BCUT2D eigenvalue weighted by Crippen LogP contribution is 2.38. The zero-order chi connectivity index (χ0) is 28.2. The van der Waals surface area contributed by atoms with Gasteiger partial charge < -0.3 is 20.6 Å². The number of aliphatic hydroxyl groups excluding tert-OH is 1. The number of ether oxygens (including phenoxy) is 1. The molecular weight excluding hydrogens is 504 g/mol. The van der Waals surface area contributed by atoms with E-state index in [-0.39, 0.29) is 35.8 Å². The third kappa shape index (κ3) is 5.08. The van der Waals surface area contributed by atoms with Crippen molar-refractivity contribution in [3.8, 4) is 0 Å². The SMILES string of the molecule is CC(C)N(C[C@@H]1CCC(n2cnc3c(N)ncnc32)O1)C1CC(CCc2nc3ccc(C(C)(C)C)cc3[nH]2)C1O. The predicted molar refractivity (Wildman–Crippen MR) is 156 cm³/mol. The summed E-state index contributed by atoms with van der Waals surface area (Å²) in [4.78, 5) is 23.6. The molecule has 0 amide bonds. The Kier molecular flexibility index (Phi) is 7.04. The second-order valence-corrected chi connectivity index (χ2v) is 12.9. The lowest BCUT2D eigenvalue weighted by Gasteiger charge is -2.49. The Balaban J connectivity index is 1.04. The van der Waals surface area contributed by atoms with Gasteiger partial charge >= 0.3 is 0 Å². The molecule has 40 heavy (non-hydrogen) atoms. The number of imidazole rings is 2. The highest BCUT2D eigenvalue weighted by Gasteiger charge is 2.44. The standard InChI is InChI=1S/C30H42N8O2/c1-17(2)37(14-20-8-11-25(40-20)38-16-34-26-28(31)32-15-33-29(26)38)23-12-18(27(23)39)6-10-24-35-21-9-7-19(30(3,4)5)13-22(21)36-24/h7,9,13,15-18,20,23,25,27,39H,6,8,10-12,14H2,1-5H3,(H,35,36)(H2,31,32,33)/t18?,20-,23?,25?,27?/m0/s1. The molecular formula is C30H42N8O2. The van der Waals surface area contributed by atoms with Gasteiger partial charge in [-0.2, -0.15) is 0 Å². The predicted octanol–water partition coefficient (Wildman–Crippen LogP) is 4.35. The topological polar surface area (TPSA) is 131 Å². The minimum atomic E-state index is -0.339. The van der Waals surface area contributed by atoms with Crippen molar-refractivity contribution in [3.63, 3.8) is 0 Å². The Morgan fingerprint density at radius 3 is 2.77 bits per heavy atom. The quantitative estimate of drug-likeness (QED) is 0.297. The number of nitrogens with two attached hydrogens (primary N) is 1. The van der Waals surface area contributed by atoms with Crippen molar-refractivity contribution in [3.05, 3.63) is 42.2 Å². The number of anilines is 1. The molecule has 4 heterocycles. The first-order chi connectivity index (χ1) is 19.1. The van der Waals surface area contributed by atoms with Crippen molar-refractivity contribution >= 4 is 28.0 Å². The Bertz CT molecular complexity index is 1490. The van der Waals surface area contributed by atoms with Crippen LogP contribution in [0.15, 0.2) is 30.9 Å². The number of aromatic nitrogens is 6. The lowest BCUT2D eigenvalue weighted by molar-refractivity contribution is -0.103. The summed E-state index contributed by atoms with van der Waals surface area (Å²) in [6.45, 7) is 11.9. The van der Waals surface area contributed by atoms with Gasteiger partial charge in [0.25, 0.3) is 0 Å². The molecule has 1 aromatic carbocycles. The summed E-state index contributed by atoms with van der Waals surface area (Å²) in [7, 11) is 0. The third-order valence-corrected chi connectivity index (χ3v) is 8.86. The minimum absolute atomic E-state index is 0.0869. The van der Waals surface area contributed by atoms with E-state index in [1.54, 1.807) is 6.33 Å². The Labute approximate surface area is 235 Å². The fourth-order valence-corrected chi connectivity index (χ4v) is 6.37. The van der Waals surface area contributed by atoms with Crippen LogP contribution in [-0.2, 0) is 16.6 Å². The van der Waals surface area contributed by atoms with E-state index in [9.17, 15) is 5.11 Å². The number of nitrogens with one attached hydrogen (secondary N) is 1. The average molecular weight is 547 g/mol. The van der Waals surface area contributed by atoms with Gasteiger partial charge in [0.15, 0.2) is 11.5 Å². The summed E-state index contributed by atoms with van der Waals surface area (Å²) in [5.41, 5.74) is 10.8. The van der Waals surface area contributed by atoms with Crippen LogP contribution in [-0.4, -0.2) is 70.3 Å². The van der Waals surface area contributed by atoms with E-state index in [4.69, 9.17) is 15.5 Å². The average Bonchev–Trinajstić information content (AvgIpc) is 3.64. The van der Waals surface area contributed by atoms with Crippen LogP contribution < -0.4 is 5.73 Å². The molecule has 1 saturated carbocycles. The monoisotopic (exact) mass is 546 g/mol. The zero-order valence-corrected chi connectivity index (χ0v) is 24.2. The molecule has 5 atom stereocenters. The first-order valence-electron chi connectivity index (χ1n) is 14.6. The number of nitrogens with zero attached hydrogens (tertiary/aromatic N) is 6. The van der Waals surface area contributed by atoms with E-state index < -0.39 is 0 Å². The highest BCUT2D eigenvalue weighted by molar-refractivity contribution is 5.81. The molecule has 1 aliphatic carbocycles. The summed E-state index contributed by atoms with van der Waals surface area (Å²) in [5, 5.41) is 11.2. The molecule has 1 aliphatic heterocycles.